The number of nitrogens with zero attached hydrogens (tertiary/aromatic N) is 2. The fourth-order valence-corrected chi connectivity index (χ4v) is 6.09. The van der Waals surface area contributed by atoms with Crippen LogP contribution in [0.4, 0.5) is 5.13 Å². The lowest BCUT2D eigenvalue weighted by molar-refractivity contribution is -0.116. The molecule has 0 saturated heterocycles. The van der Waals surface area contributed by atoms with Crippen LogP contribution < -0.4 is 10.1 Å². The summed E-state index contributed by atoms with van der Waals surface area (Å²) in [6, 6.07) is 14.5. The van der Waals surface area contributed by atoms with Gasteiger partial charge < -0.3 is 10.1 Å². The van der Waals surface area contributed by atoms with Crippen molar-refractivity contribution in [3.63, 3.8) is 0 Å². The van der Waals surface area contributed by atoms with E-state index in [1.54, 1.807) is 31.4 Å². The first-order chi connectivity index (χ1) is 15.3. The number of anilines is 1. The van der Waals surface area contributed by atoms with E-state index in [4.69, 9.17) is 4.74 Å². The van der Waals surface area contributed by atoms with E-state index >= 15 is 0 Å². The molecule has 2 heterocycles. The summed E-state index contributed by atoms with van der Waals surface area (Å²) in [4.78, 5) is 18.1. The Hall–Kier alpha value is -2.75. The molecule has 168 valence electrons. The molecule has 32 heavy (non-hydrogen) atoms. The van der Waals surface area contributed by atoms with E-state index in [0.717, 1.165) is 27.4 Å². The van der Waals surface area contributed by atoms with Crippen molar-refractivity contribution in [3.05, 3.63) is 70.2 Å². The molecule has 1 aliphatic rings. The van der Waals surface area contributed by atoms with E-state index < -0.39 is 10.0 Å². The number of methoxy groups -OCH3 is 1. The molecule has 7 nitrogen and oxygen atoms in total. The molecule has 1 N–H and O–H groups in total. The van der Waals surface area contributed by atoms with Gasteiger partial charge in [-0.2, -0.15) is 4.31 Å². The number of amides is 1. The standard InChI is InChI=1S/C23H25N3O4S2/c1-16-6-9-19(10-7-16)32(28,29)26-13-12-20-21(15-26)31-23(24-20)25-22(27)11-8-17-4-3-5-18(14-17)30-2/h3-7,9-10,14H,8,11-13,15H2,1-2H3,(H,24,25,27). The van der Waals surface area contributed by atoms with Gasteiger partial charge >= 0.3 is 0 Å². The predicted molar refractivity (Wildman–Crippen MR) is 125 cm³/mol. The van der Waals surface area contributed by atoms with E-state index in [-0.39, 0.29) is 12.5 Å². The number of hydrogen-bond donors (Lipinski definition) is 1. The number of hydrogen-bond acceptors (Lipinski definition) is 6. The van der Waals surface area contributed by atoms with Gasteiger partial charge in [0.05, 0.1) is 24.2 Å². The first-order valence-electron chi connectivity index (χ1n) is 10.3. The minimum absolute atomic E-state index is 0.122. The van der Waals surface area contributed by atoms with Crippen molar-refractivity contribution in [3.8, 4) is 5.75 Å². The van der Waals surface area contributed by atoms with E-state index in [1.807, 2.05) is 31.2 Å². The summed E-state index contributed by atoms with van der Waals surface area (Å²) >= 11 is 1.34. The minimum atomic E-state index is -3.57. The molecule has 0 radical (unpaired) electrons. The Balaban J connectivity index is 1.38. The number of carbonyl (C=O) groups is 1. The van der Waals surface area contributed by atoms with Crippen molar-refractivity contribution >= 4 is 32.4 Å². The molecule has 0 atom stereocenters. The molecule has 1 aromatic heterocycles. The van der Waals surface area contributed by atoms with Gasteiger partial charge in [0, 0.05) is 24.3 Å². The lowest BCUT2D eigenvalue weighted by atomic mass is 10.1. The molecule has 9 heteroatoms. The van der Waals surface area contributed by atoms with Crippen LogP contribution in [-0.4, -0.2) is 37.3 Å². The van der Waals surface area contributed by atoms with Crippen molar-refractivity contribution in [2.75, 3.05) is 19.0 Å². The lowest BCUT2D eigenvalue weighted by Crippen LogP contribution is -2.35. The van der Waals surface area contributed by atoms with Gasteiger partial charge in [0.15, 0.2) is 5.13 Å². The third kappa shape index (κ3) is 5.01. The van der Waals surface area contributed by atoms with Crippen molar-refractivity contribution < 1.29 is 17.9 Å². The molecule has 4 rings (SSSR count). The second-order valence-corrected chi connectivity index (χ2v) is 10.7. The van der Waals surface area contributed by atoms with Gasteiger partial charge in [-0.3, -0.25) is 4.79 Å². The Kier molecular flexibility index (Phi) is 6.59. The maximum Gasteiger partial charge on any atom is 0.243 e. The molecule has 0 saturated carbocycles. The van der Waals surface area contributed by atoms with Gasteiger partial charge in [-0.15, -0.1) is 11.3 Å². The highest BCUT2D eigenvalue weighted by molar-refractivity contribution is 7.89. The second-order valence-electron chi connectivity index (χ2n) is 7.69. The summed E-state index contributed by atoms with van der Waals surface area (Å²) < 4.78 is 32.7. The topological polar surface area (TPSA) is 88.6 Å². The summed E-state index contributed by atoms with van der Waals surface area (Å²) in [6.07, 6.45) is 1.44. The molecule has 0 bridgehead atoms. The van der Waals surface area contributed by atoms with Crippen molar-refractivity contribution in [1.82, 2.24) is 9.29 Å². The van der Waals surface area contributed by atoms with E-state index in [0.29, 0.717) is 35.8 Å². The maximum absolute atomic E-state index is 13.0. The van der Waals surface area contributed by atoms with Crippen LogP contribution >= 0.6 is 11.3 Å². The second kappa shape index (κ2) is 9.40. The summed E-state index contributed by atoms with van der Waals surface area (Å²) in [5.74, 6) is 0.642. The Morgan fingerprint density at radius 1 is 1.22 bits per heavy atom. The van der Waals surface area contributed by atoms with Gasteiger partial charge in [0.1, 0.15) is 5.75 Å². The number of carbonyl (C=O) groups excluding carboxylic acids is 1. The largest absolute Gasteiger partial charge is 0.497 e. The van der Waals surface area contributed by atoms with Crippen molar-refractivity contribution in [2.24, 2.45) is 0 Å². The van der Waals surface area contributed by atoms with Gasteiger partial charge in [0.25, 0.3) is 0 Å². The number of aryl methyl sites for hydroxylation is 2. The molecule has 3 aromatic rings. The Labute approximate surface area is 192 Å². The summed E-state index contributed by atoms with van der Waals surface area (Å²) in [5, 5.41) is 3.37. The Morgan fingerprint density at radius 3 is 2.75 bits per heavy atom. The number of aromatic nitrogens is 1. The number of sulfonamides is 1. The van der Waals surface area contributed by atoms with Crippen LogP contribution in [0.5, 0.6) is 5.75 Å². The highest BCUT2D eigenvalue weighted by Crippen LogP contribution is 2.31. The minimum Gasteiger partial charge on any atom is -0.497 e. The summed E-state index contributed by atoms with van der Waals surface area (Å²) in [6.45, 7) is 2.56. The molecule has 0 aliphatic carbocycles. The van der Waals surface area contributed by atoms with E-state index in [1.165, 1.54) is 15.6 Å². The zero-order valence-electron chi connectivity index (χ0n) is 18.0. The molecule has 1 aliphatic heterocycles. The van der Waals surface area contributed by atoms with Crippen LogP contribution in [0.1, 0.15) is 28.1 Å². The van der Waals surface area contributed by atoms with Gasteiger partial charge in [-0.1, -0.05) is 29.8 Å². The molecule has 0 fully saturated rings. The lowest BCUT2D eigenvalue weighted by Gasteiger charge is -2.25. The number of fused-ring (bicyclic) bond motifs is 1. The number of thiazole rings is 1. The molecular weight excluding hydrogens is 446 g/mol. The smallest absolute Gasteiger partial charge is 0.243 e. The molecule has 0 spiro atoms. The quantitative estimate of drug-likeness (QED) is 0.567. The maximum atomic E-state index is 13.0. The number of rotatable bonds is 7. The van der Waals surface area contributed by atoms with Crippen LogP contribution in [0.15, 0.2) is 53.4 Å². The average molecular weight is 472 g/mol. The van der Waals surface area contributed by atoms with Gasteiger partial charge in [-0.05, 0) is 43.2 Å². The number of nitrogens with one attached hydrogen (secondary N) is 1. The van der Waals surface area contributed by atoms with Gasteiger partial charge in [0.2, 0.25) is 15.9 Å². The van der Waals surface area contributed by atoms with Gasteiger partial charge in [-0.25, -0.2) is 13.4 Å². The highest BCUT2D eigenvalue weighted by Gasteiger charge is 2.30. The van der Waals surface area contributed by atoms with E-state index in [2.05, 4.69) is 10.3 Å². The summed E-state index contributed by atoms with van der Waals surface area (Å²) in [7, 11) is -1.95. The Morgan fingerprint density at radius 2 is 2.00 bits per heavy atom. The van der Waals surface area contributed by atoms with Crippen LogP contribution in [0.25, 0.3) is 0 Å². The normalized spacial score (nSPS) is 14.1. The highest BCUT2D eigenvalue weighted by atomic mass is 32.2. The fraction of sp³-hybridized carbons (Fsp3) is 0.304. The first-order valence-corrected chi connectivity index (χ1v) is 12.6. The molecule has 0 unspecified atom stereocenters. The zero-order valence-corrected chi connectivity index (χ0v) is 19.6. The first kappa shape index (κ1) is 22.4. The van der Waals surface area contributed by atoms with Crippen LogP contribution in [0.2, 0.25) is 0 Å². The molecular formula is C23H25N3O4S2. The van der Waals surface area contributed by atoms with Crippen molar-refractivity contribution in [1.29, 1.82) is 0 Å². The monoisotopic (exact) mass is 471 g/mol. The number of benzene rings is 2. The third-order valence-electron chi connectivity index (χ3n) is 5.38. The fourth-order valence-electron chi connectivity index (χ4n) is 3.56. The Bertz CT molecular complexity index is 1220. The third-order valence-corrected chi connectivity index (χ3v) is 8.23. The summed E-state index contributed by atoms with van der Waals surface area (Å²) in [5.41, 5.74) is 2.89. The van der Waals surface area contributed by atoms with Crippen LogP contribution in [0, 0.1) is 6.92 Å². The molecule has 1 amide bonds. The average Bonchev–Trinajstić information content (AvgIpc) is 3.19. The predicted octanol–water partition coefficient (Wildman–Crippen LogP) is 3.78. The van der Waals surface area contributed by atoms with Crippen LogP contribution in [-0.2, 0) is 34.2 Å². The molecule has 2 aromatic carbocycles. The SMILES string of the molecule is COc1cccc(CCC(=O)Nc2nc3c(s2)CN(S(=O)(=O)c2ccc(C)cc2)CC3)c1. The van der Waals surface area contributed by atoms with E-state index in [9.17, 15) is 13.2 Å². The van der Waals surface area contributed by atoms with Crippen LogP contribution in [0.3, 0.4) is 0 Å². The zero-order chi connectivity index (χ0) is 22.7. The number of ether oxygens (including phenoxy) is 1. The van der Waals surface area contributed by atoms with Crippen molar-refractivity contribution in [2.45, 2.75) is 37.6 Å².